The van der Waals surface area contributed by atoms with Gasteiger partial charge in [-0.25, -0.2) is 9.69 Å². The predicted molar refractivity (Wildman–Crippen MR) is 134 cm³/mol. The van der Waals surface area contributed by atoms with Crippen molar-refractivity contribution in [3.63, 3.8) is 0 Å². The molecule has 2 aromatic carbocycles. The fraction of sp³-hybridized carbons (Fsp3) is 0.259. The van der Waals surface area contributed by atoms with Crippen LogP contribution in [0.4, 0.5) is 23.7 Å². The molecule has 1 fully saturated rings. The minimum absolute atomic E-state index is 0.0854. The SMILES string of the molecule is COc1ccc(CNC(=O)c2cnccc2CN2C(=O)N(c3ccc(OC(F)(F)F)cc3)C(=O)C2(C)C)cc1. The Morgan fingerprint density at radius 2 is 1.64 bits per heavy atom. The van der Waals surface area contributed by atoms with E-state index in [0.29, 0.717) is 11.3 Å². The van der Waals surface area contributed by atoms with Crippen LogP contribution in [0.2, 0.25) is 0 Å². The zero-order chi connectivity index (χ0) is 28.4. The lowest BCUT2D eigenvalue weighted by Gasteiger charge is -2.28. The molecular formula is C27H25F3N4O5. The van der Waals surface area contributed by atoms with Crippen molar-refractivity contribution in [3.05, 3.63) is 83.7 Å². The fourth-order valence-corrected chi connectivity index (χ4v) is 4.08. The first-order chi connectivity index (χ1) is 18.4. The molecule has 0 saturated carbocycles. The molecule has 0 spiro atoms. The summed E-state index contributed by atoms with van der Waals surface area (Å²) >= 11 is 0. The number of anilines is 1. The van der Waals surface area contributed by atoms with Crippen molar-refractivity contribution in [3.8, 4) is 11.5 Å². The topological polar surface area (TPSA) is 101 Å². The second kappa shape index (κ2) is 10.6. The van der Waals surface area contributed by atoms with Gasteiger partial charge in [-0.2, -0.15) is 0 Å². The Morgan fingerprint density at radius 3 is 2.26 bits per heavy atom. The van der Waals surface area contributed by atoms with Crippen LogP contribution in [0.5, 0.6) is 11.5 Å². The Morgan fingerprint density at radius 1 is 1.00 bits per heavy atom. The van der Waals surface area contributed by atoms with Gasteiger partial charge >= 0.3 is 12.4 Å². The summed E-state index contributed by atoms with van der Waals surface area (Å²) in [5, 5.41) is 2.82. The van der Waals surface area contributed by atoms with Crippen molar-refractivity contribution in [2.24, 2.45) is 0 Å². The standard InChI is InChI=1S/C27H25F3N4O5/c1-26(2)24(36)34(19-6-10-21(11-7-19)39-27(28,29)30)25(37)33(26)16-18-12-13-31-15-22(18)23(35)32-14-17-4-8-20(38-3)9-5-17/h4-13,15H,14,16H2,1-3H3,(H,32,35). The Labute approximate surface area is 222 Å². The van der Waals surface area contributed by atoms with Gasteiger partial charge in [0.1, 0.15) is 17.0 Å². The minimum atomic E-state index is -4.87. The lowest BCUT2D eigenvalue weighted by atomic mass is 10.0. The Balaban J connectivity index is 1.52. The minimum Gasteiger partial charge on any atom is -0.497 e. The predicted octanol–water partition coefficient (Wildman–Crippen LogP) is 4.67. The van der Waals surface area contributed by atoms with Gasteiger partial charge in [-0.3, -0.25) is 14.6 Å². The molecule has 1 saturated heterocycles. The van der Waals surface area contributed by atoms with E-state index in [9.17, 15) is 27.6 Å². The highest BCUT2D eigenvalue weighted by Crippen LogP contribution is 2.35. The number of imide groups is 1. The highest BCUT2D eigenvalue weighted by atomic mass is 19.4. The first kappa shape index (κ1) is 27.4. The molecule has 12 heteroatoms. The summed E-state index contributed by atoms with van der Waals surface area (Å²) in [5.41, 5.74) is 0.315. The van der Waals surface area contributed by atoms with Gasteiger partial charge in [-0.05, 0) is 67.4 Å². The smallest absolute Gasteiger partial charge is 0.497 e. The van der Waals surface area contributed by atoms with E-state index in [2.05, 4.69) is 15.0 Å². The highest BCUT2D eigenvalue weighted by Gasteiger charge is 2.52. The first-order valence-corrected chi connectivity index (χ1v) is 11.8. The summed E-state index contributed by atoms with van der Waals surface area (Å²) < 4.78 is 46.5. The van der Waals surface area contributed by atoms with E-state index in [1.807, 2.05) is 12.1 Å². The van der Waals surface area contributed by atoms with Crippen LogP contribution in [0.3, 0.4) is 0 Å². The van der Waals surface area contributed by atoms with Crippen LogP contribution in [-0.4, -0.2) is 46.7 Å². The van der Waals surface area contributed by atoms with Crippen LogP contribution >= 0.6 is 0 Å². The molecule has 0 radical (unpaired) electrons. The number of nitrogens with zero attached hydrogens (tertiary/aromatic N) is 3. The lowest BCUT2D eigenvalue weighted by molar-refractivity contribution is -0.274. The number of aromatic nitrogens is 1. The molecule has 0 unspecified atom stereocenters. The number of hydrogen-bond acceptors (Lipinski definition) is 6. The van der Waals surface area contributed by atoms with Crippen LogP contribution in [0, 0.1) is 0 Å². The summed E-state index contributed by atoms with van der Waals surface area (Å²) in [6.45, 7) is 3.26. The van der Waals surface area contributed by atoms with E-state index in [0.717, 1.165) is 22.6 Å². The van der Waals surface area contributed by atoms with Gasteiger partial charge in [0.25, 0.3) is 11.8 Å². The number of ether oxygens (including phenoxy) is 2. The number of amides is 4. The molecule has 3 aromatic rings. The average Bonchev–Trinajstić information content (AvgIpc) is 3.06. The summed E-state index contributed by atoms with van der Waals surface area (Å²) in [4.78, 5) is 45.8. The number of hydrogen-bond donors (Lipinski definition) is 1. The summed E-state index contributed by atoms with van der Waals surface area (Å²) in [6, 6.07) is 12.5. The maximum absolute atomic E-state index is 13.4. The number of rotatable bonds is 8. The van der Waals surface area contributed by atoms with Crippen molar-refractivity contribution in [1.82, 2.24) is 15.2 Å². The van der Waals surface area contributed by atoms with Crippen molar-refractivity contribution in [1.29, 1.82) is 0 Å². The van der Waals surface area contributed by atoms with Crippen molar-refractivity contribution in [2.75, 3.05) is 12.0 Å². The second-order valence-electron chi connectivity index (χ2n) is 9.17. The molecule has 204 valence electrons. The summed E-state index contributed by atoms with van der Waals surface area (Å²) in [5.74, 6) is -0.784. The molecule has 0 atom stereocenters. The molecule has 39 heavy (non-hydrogen) atoms. The first-order valence-electron chi connectivity index (χ1n) is 11.8. The molecule has 9 nitrogen and oxygen atoms in total. The van der Waals surface area contributed by atoms with Crippen molar-refractivity contribution >= 4 is 23.5 Å². The van der Waals surface area contributed by atoms with E-state index in [1.54, 1.807) is 39.2 Å². The average molecular weight is 543 g/mol. The number of carbonyl (C=O) groups is 3. The van der Waals surface area contributed by atoms with Crippen LogP contribution < -0.4 is 19.7 Å². The monoisotopic (exact) mass is 542 g/mol. The maximum Gasteiger partial charge on any atom is 0.573 e. The summed E-state index contributed by atoms with van der Waals surface area (Å²) in [6.07, 6.45) is -2.02. The number of halogens is 3. The normalized spacial score (nSPS) is 14.9. The maximum atomic E-state index is 13.4. The molecule has 4 rings (SSSR count). The lowest BCUT2D eigenvalue weighted by Crippen LogP contribution is -2.44. The van der Waals surface area contributed by atoms with E-state index in [-0.39, 0.29) is 24.3 Å². The van der Waals surface area contributed by atoms with Crippen LogP contribution in [0.25, 0.3) is 0 Å². The Kier molecular flexibility index (Phi) is 7.48. The Hall–Kier alpha value is -4.61. The van der Waals surface area contributed by atoms with Gasteiger partial charge in [-0.15, -0.1) is 13.2 Å². The van der Waals surface area contributed by atoms with Gasteiger partial charge < -0.3 is 19.7 Å². The second-order valence-corrected chi connectivity index (χ2v) is 9.17. The third-order valence-electron chi connectivity index (χ3n) is 6.25. The number of nitrogens with one attached hydrogen (secondary N) is 1. The Bertz CT molecular complexity index is 1380. The van der Waals surface area contributed by atoms with Crippen LogP contribution in [0.1, 0.15) is 35.3 Å². The zero-order valence-electron chi connectivity index (χ0n) is 21.3. The van der Waals surface area contributed by atoms with Gasteiger partial charge in [0.05, 0.1) is 18.4 Å². The molecule has 0 bridgehead atoms. The fourth-order valence-electron chi connectivity index (χ4n) is 4.08. The van der Waals surface area contributed by atoms with E-state index in [4.69, 9.17) is 4.74 Å². The van der Waals surface area contributed by atoms with Gasteiger partial charge in [0.2, 0.25) is 0 Å². The third kappa shape index (κ3) is 5.95. The number of benzene rings is 2. The molecule has 4 amide bonds. The van der Waals surface area contributed by atoms with Crippen LogP contribution in [0.15, 0.2) is 67.0 Å². The van der Waals surface area contributed by atoms with Crippen molar-refractivity contribution in [2.45, 2.75) is 38.8 Å². The van der Waals surface area contributed by atoms with Crippen molar-refractivity contribution < 1.29 is 37.0 Å². The quantitative estimate of drug-likeness (QED) is 0.416. The zero-order valence-corrected chi connectivity index (χ0v) is 21.3. The number of methoxy groups -OCH3 is 1. The number of carbonyl (C=O) groups excluding carboxylic acids is 3. The van der Waals surface area contributed by atoms with E-state index < -0.39 is 35.5 Å². The molecule has 0 aliphatic carbocycles. The molecule has 1 N–H and O–H groups in total. The number of pyridine rings is 1. The molecule has 1 aliphatic heterocycles. The summed E-state index contributed by atoms with van der Waals surface area (Å²) in [7, 11) is 1.56. The van der Waals surface area contributed by atoms with Gasteiger partial charge in [0.15, 0.2) is 0 Å². The molecule has 1 aromatic heterocycles. The molecular weight excluding hydrogens is 517 g/mol. The van der Waals surface area contributed by atoms with Gasteiger partial charge in [0, 0.05) is 25.5 Å². The number of urea groups is 1. The third-order valence-corrected chi connectivity index (χ3v) is 6.25. The highest BCUT2D eigenvalue weighted by molar-refractivity contribution is 6.23. The van der Waals surface area contributed by atoms with E-state index >= 15 is 0 Å². The molecule has 1 aliphatic rings. The molecule has 2 heterocycles. The largest absolute Gasteiger partial charge is 0.573 e. The van der Waals surface area contributed by atoms with Gasteiger partial charge in [-0.1, -0.05) is 12.1 Å². The van der Waals surface area contributed by atoms with Crippen LogP contribution in [-0.2, 0) is 17.9 Å². The van der Waals surface area contributed by atoms with E-state index in [1.165, 1.54) is 29.4 Å². The number of alkyl halides is 3.